The third-order valence-electron chi connectivity index (χ3n) is 5.46. The van der Waals surface area contributed by atoms with Gasteiger partial charge in [-0.1, -0.05) is 35.9 Å². The van der Waals surface area contributed by atoms with Crippen LogP contribution in [0.4, 0.5) is 0 Å². The van der Waals surface area contributed by atoms with Crippen molar-refractivity contribution in [3.8, 4) is 0 Å². The zero-order valence-electron chi connectivity index (χ0n) is 15.9. The van der Waals surface area contributed by atoms with Gasteiger partial charge in [-0.05, 0) is 50.6 Å². The van der Waals surface area contributed by atoms with E-state index in [0.717, 1.165) is 31.5 Å². The Morgan fingerprint density at radius 1 is 1.26 bits per heavy atom. The molecule has 1 amide bonds. The van der Waals surface area contributed by atoms with Crippen molar-refractivity contribution in [3.05, 3.63) is 46.7 Å². The van der Waals surface area contributed by atoms with E-state index in [0.29, 0.717) is 16.8 Å². The van der Waals surface area contributed by atoms with Gasteiger partial charge < -0.3 is 10.2 Å². The number of amides is 1. The fourth-order valence-corrected chi connectivity index (χ4v) is 3.50. The van der Waals surface area contributed by atoms with E-state index >= 15 is 0 Å². The molecule has 1 fully saturated rings. The van der Waals surface area contributed by atoms with Crippen molar-refractivity contribution < 1.29 is 4.79 Å². The Balaban J connectivity index is 0.00000261. The molecule has 0 aliphatic carbocycles. The van der Waals surface area contributed by atoms with Gasteiger partial charge in [-0.3, -0.25) is 4.79 Å². The number of halogens is 2. The SMILES string of the molecule is CC(c1ccc(Cl)cc1)C(C)N(C)C(=O)c1cn(C2CCNCC2)nn1.Cl. The molecule has 1 N–H and O–H groups in total. The molecular weight excluding hydrogens is 385 g/mol. The Morgan fingerprint density at radius 2 is 1.89 bits per heavy atom. The van der Waals surface area contributed by atoms with E-state index in [1.54, 1.807) is 11.1 Å². The van der Waals surface area contributed by atoms with Crippen molar-refractivity contribution >= 4 is 29.9 Å². The van der Waals surface area contributed by atoms with E-state index in [4.69, 9.17) is 11.6 Å². The molecule has 0 radical (unpaired) electrons. The highest BCUT2D eigenvalue weighted by molar-refractivity contribution is 6.30. The zero-order valence-corrected chi connectivity index (χ0v) is 17.5. The Bertz CT molecular complexity index is 743. The van der Waals surface area contributed by atoms with E-state index in [9.17, 15) is 4.79 Å². The quantitative estimate of drug-likeness (QED) is 0.816. The van der Waals surface area contributed by atoms with Gasteiger partial charge in [0.1, 0.15) is 0 Å². The van der Waals surface area contributed by atoms with E-state index in [-0.39, 0.29) is 30.3 Å². The largest absolute Gasteiger partial charge is 0.337 e. The van der Waals surface area contributed by atoms with Crippen LogP contribution in [0.2, 0.25) is 5.02 Å². The number of nitrogens with one attached hydrogen (secondary N) is 1. The molecule has 1 aliphatic heterocycles. The summed E-state index contributed by atoms with van der Waals surface area (Å²) in [6.45, 7) is 6.12. The normalized spacial score (nSPS) is 17.0. The number of carbonyl (C=O) groups is 1. The van der Waals surface area contributed by atoms with Crippen LogP contribution >= 0.6 is 24.0 Å². The van der Waals surface area contributed by atoms with Crippen molar-refractivity contribution in [2.45, 2.75) is 44.7 Å². The molecule has 27 heavy (non-hydrogen) atoms. The second kappa shape index (κ2) is 9.53. The minimum atomic E-state index is -0.0986. The number of carbonyl (C=O) groups excluding carboxylic acids is 1. The van der Waals surface area contributed by atoms with Crippen LogP contribution in [0.25, 0.3) is 0 Å². The smallest absolute Gasteiger partial charge is 0.276 e. The predicted molar refractivity (Wildman–Crippen MR) is 110 cm³/mol. The third-order valence-corrected chi connectivity index (χ3v) is 5.71. The molecule has 0 bridgehead atoms. The highest BCUT2D eigenvalue weighted by Gasteiger charge is 2.26. The van der Waals surface area contributed by atoms with Crippen LogP contribution in [0.3, 0.4) is 0 Å². The maximum atomic E-state index is 12.8. The lowest BCUT2D eigenvalue weighted by Gasteiger charge is -2.29. The number of aromatic nitrogens is 3. The summed E-state index contributed by atoms with van der Waals surface area (Å²) in [7, 11) is 1.82. The molecule has 6 nitrogen and oxygen atoms in total. The summed E-state index contributed by atoms with van der Waals surface area (Å²) in [5.74, 6) is 0.0826. The van der Waals surface area contributed by atoms with Crippen molar-refractivity contribution in [1.29, 1.82) is 0 Å². The van der Waals surface area contributed by atoms with Crippen LogP contribution in [0.5, 0.6) is 0 Å². The third kappa shape index (κ3) is 5.00. The minimum absolute atomic E-state index is 0. The lowest BCUT2D eigenvalue weighted by Crippen LogP contribution is -2.38. The molecule has 1 aromatic carbocycles. The number of nitrogens with zero attached hydrogens (tertiary/aromatic N) is 4. The summed E-state index contributed by atoms with van der Waals surface area (Å²) >= 11 is 5.97. The van der Waals surface area contributed by atoms with Gasteiger partial charge in [0.2, 0.25) is 0 Å². The Kier molecular flexibility index (Phi) is 7.65. The van der Waals surface area contributed by atoms with E-state index < -0.39 is 0 Å². The summed E-state index contributed by atoms with van der Waals surface area (Å²) in [5.41, 5.74) is 1.56. The van der Waals surface area contributed by atoms with E-state index in [2.05, 4.69) is 29.5 Å². The molecule has 3 rings (SSSR count). The highest BCUT2D eigenvalue weighted by atomic mass is 35.5. The molecule has 1 aliphatic rings. The van der Waals surface area contributed by atoms with Crippen molar-refractivity contribution in [2.24, 2.45) is 0 Å². The molecule has 148 valence electrons. The first-order chi connectivity index (χ1) is 12.5. The van der Waals surface area contributed by atoms with Gasteiger partial charge in [0.05, 0.1) is 12.2 Å². The van der Waals surface area contributed by atoms with Crippen molar-refractivity contribution in [1.82, 2.24) is 25.2 Å². The molecule has 1 saturated heterocycles. The first-order valence-corrected chi connectivity index (χ1v) is 9.50. The summed E-state index contributed by atoms with van der Waals surface area (Å²) in [6.07, 6.45) is 3.81. The number of likely N-dealkylation sites (N-methyl/N-ethyl adjacent to an activating group) is 1. The van der Waals surface area contributed by atoms with Crippen LogP contribution in [0.1, 0.15) is 54.7 Å². The van der Waals surface area contributed by atoms with Crippen LogP contribution in [0.15, 0.2) is 30.5 Å². The predicted octanol–water partition coefficient (Wildman–Crippen LogP) is 3.54. The van der Waals surface area contributed by atoms with Crippen LogP contribution in [-0.4, -0.2) is 52.0 Å². The Hall–Kier alpha value is -1.63. The first-order valence-electron chi connectivity index (χ1n) is 9.12. The molecule has 8 heteroatoms. The summed E-state index contributed by atoms with van der Waals surface area (Å²) < 4.78 is 1.84. The Morgan fingerprint density at radius 3 is 2.52 bits per heavy atom. The number of benzene rings is 1. The standard InChI is InChI=1S/C19H26ClN5O.ClH/c1-13(15-4-6-16(20)7-5-15)14(2)24(3)19(26)18-12-25(23-22-18)17-8-10-21-11-9-17;/h4-7,12-14,17,21H,8-11H2,1-3H3;1H. The van der Waals surface area contributed by atoms with Gasteiger partial charge in [0, 0.05) is 24.0 Å². The molecule has 2 unspecified atom stereocenters. The second-order valence-electron chi connectivity index (χ2n) is 7.06. The fraction of sp³-hybridized carbons (Fsp3) is 0.526. The van der Waals surface area contributed by atoms with Gasteiger partial charge in [-0.15, -0.1) is 17.5 Å². The molecule has 1 aromatic heterocycles. The van der Waals surface area contributed by atoms with E-state index in [1.807, 2.05) is 36.0 Å². The number of piperidine rings is 1. The maximum absolute atomic E-state index is 12.8. The Labute approximate surface area is 171 Å². The van der Waals surface area contributed by atoms with Gasteiger partial charge in [0.15, 0.2) is 5.69 Å². The van der Waals surface area contributed by atoms with Crippen LogP contribution < -0.4 is 5.32 Å². The average Bonchev–Trinajstić information content (AvgIpc) is 3.17. The lowest BCUT2D eigenvalue weighted by molar-refractivity contribution is 0.0720. The van der Waals surface area contributed by atoms with Crippen molar-refractivity contribution in [2.75, 3.05) is 20.1 Å². The average molecular weight is 412 g/mol. The van der Waals surface area contributed by atoms with E-state index in [1.165, 1.54) is 0 Å². The molecule has 0 spiro atoms. The van der Waals surface area contributed by atoms with Crippen molar-refractivity contribution in [3.63, 3.8) is 0 Å². The summed E-state index contributed by atoms with van der Waals surface area (Å²) in [5, 5.41) is 12.4. The molecule has 2 aromatic rings. The fourth-order valence-electron chi connectivity index (χ4n) is 3.37. The summed E-state index contributed by atoms with van der Waals surface area (Å²) in [6, 6.07) is 8.12. The van der Waals surface area contributed by atoms with Gasteiger partial charge in [0.25, 0.3) is 5.91 Å². The monoisotopic (exact) mass is 411 g/mol. The van der Waals surface area contributed by atoms with Gasteiger partial charge in [-0.25, -0.2) is 4.68 Å². The summed E-state index contributed by atoms with van der Waals surface area (Å²) in [4.78, 5) is 14.6. The van der Waals surface area contributed by atoms with Gasteiger partial charge in [-0.2, -0.15) is 0 Å². The molecular formula is C19H27Cl2N5O. The number of hydrogen-bond acceptors (Lipinski definition) is 4. The second-order valence-corrected chi connectivity index (χ2v) is 7.50. The minimum Gasteiger partial charge on any atom is -0.337 e. The maximum Gasteiger partial charge on any atom is 0.276 e. The van der Waals surface area contributed by atoms with Crippen LogP contribution in [0, 0.1) is 0 Å². The zero-order chi connectivity index (χ0) is 18.7. The lowest BCUT2D eigenvalue weighted by atomic mass is 9.93. The number of rotatable bonds is 5. The molecule has 0 saturated carbocycles. The topological polar surface area (TPSA) is 63.1 Å². The van der Waals surface area contributed by atoms with Gasteiger partial charge >= 0.3 is 0 Å². The van der Waals surface area contributed by atoms with Crippen LogP contribution in [-0.2, 0) is 0 Å². The molecule has 2 heterocycles. The highest BCUT2D eigenvalue weighted by Crippen LogP contribution is 2.25. The first kappa shape index (κ1) is 21.7. The number of hydrogen-bond donors (Lipinski definition) is 1. The molecule has 2 atom stereocenters.